The number of methoxy groups -OCH3 is 1. The van der Waals surface area contributed by atoms with E-state index in [1.54, 1.807) is 19.2 Å². The van der Waals surface area contributed by atoms with Gasteiger partial charge in [0.2, 0.25) is 0 Å². The minimum absolute atomic E-state index is 0.270. The Bertz CT molecular complexity index is 542. The average molecular weight is 310 g/mol. The largest absolute Gasteiger partial charge is 0.496 e. The van der Waals surface area contributed by atoms with E-state index in [9.17, 15) is 4.39 Å². The van der Waals surface area contributed by atoms with Crippen LogP contribution < -0.4 is 10.5 Å². The van der Waals surface area contributed by atoms with Crippen molar-refractivity contribution >= 4 is 15.9 Å². The molecule has 1 unspecified atom stereocenters. The van der Waals surface area contributed by atoms with Crippen molar-refractivity contribution in [2.45, 2.75) is 6.04 Å². The standard InChI is InChI=1S/C14H13BrFNO/c1-18-13-8-10(15)4-7-12(13)14(17)9-2-5-11(16)6-3-9/h2-8,14H,17H2,1H3. The van der Waals surface area contributed by atoms with Crippen molar-refractivity contribution < 1.29 is 9.13 Å². The maximum absolute atomic E-state index is 12.9. The van der Waals surface area contributed by atoms with Crippen LogP contribution in [0.25, 0.3) is 0 Å². The van der Waals surface area contributed by atoms with Crippen LogP contribution in [-0.4, -0.2) is 7.11 Å². The fourth-order valence-electron chi connectivity index (χ4n) is 1.79. The Balaban J connectivity index is 2.39. The summed E-state index contributed by atoms with van der Waals surface area (Å²) in [4.78, 5) is 0. The molecule has 94 valence electrons. The Hall–Kier alpha value is -1.39. The summed E-state index contributed by atoms with van der Waals surface area (Å²) in [7, 11) is 1.60. The lowest BCUT2D eigenvalue weighted by Gasteiger charge is -2.16. The highest BCUT2D eigenvalue weighted by Gasteiger charge is 2.14. The molecule has 0 saturated carbocycles. The number of hydrogen-bond donors (Lipinski definition) is 1. The summed E-state index contributed by atoms with van der Waals surface area (Å²) in [5, 5.41) is 0. The van der Waals surface area contributed by atoms with Crippen LogP contribution >= 0.6 is 15.9 Å². The third-order valence-corrected chi connectivity index (χ3v) is 3.25. The van der Waals surface area contributed by atoms with Gasteiger partial charge < -0.3 is 10.5 Å². The lowest BCUT2D eigenvalue weighted by Crippen LogP contribution is -2.13. The Morgan fingerprint density at radius 2 is 1.83 bits per heavy atom. The predicted octanol–water partition coefficient (Wildman–Crippen LogP) is 3.64. The van der Waals surface area contributed by atoms with Crippen molar-refractivity contribution in [3.05, 3.63) is 63.9 Å². The van der Waals surface area contributed by atoms with Gasteiger partial charge in [0.15, 0.2) is 0 Å². The third kappa shape index (κ3) is 2.71. The minimum Gasteiger partial charge on any atom is -0.496 e. The van der Waals surface area contributed by atoms with Crippen molar-refractivity contribution in [1.29, 1.82) is 0 Å². The summed E-state index contributed by atoms with van der Waals surface area (Å²) in [6.45, 7) is 0. The molecule has 0 aliphatic heterocycles. The highest BCUT2D eigenvalue weighted by Crippen LogP contribution is 2.30. The van der Waals surface area contributed by atoms with Gasteiger partial charge in [-0.15, -0.1) is 0 Å². The summed E-state index contributed by atoms with van der Waals surface area (Å²) in [5.41, 5.74) is 7.89. The molecule has 0 aromatic heterocycles. The fourth-order valence-corrected chi connectivity index (χ4v) is 2.13. The quantitative estimate of drug-likeness (QED) is 0.939. The lowest BCUT2D eigenvalue weighted by atomic mass is 9.99. The SMILES string of the molecule is COc1cc(Br)ccc1C(N)c1ccc(F)cc1. The fraction of sp³-hybridized carbons (Fsp3) is 0.143. The van der Waals surface area contributed by atoms with Crippen molar-refractivity contribution in [2.24, 2.45) is 5.73 Å². The molecule has 0 bridgehead atoms. The van der Waals surface area contributed by atoms with Gasteiger partial charge in [0, 0.05) is 10.0 Å². The van der Waals surface area contributed by atoms with Crippen molar-refractivity contribution in [2.75, 3.05) is 7.11 Å². The predicted molar refractivity (Wildman–Crippen MR) is 73.1 cm³/mol. The molecule has 0 radical (unpaired) electrons. The summed E-state index contributed by atoms with van der Waals surface area (Å²) in [6.07, 6.45) is 0. The number of hydrogen-bond acceptors (Lipinski definition) is 2. The summed E-state index contributed by atoms with van der Waals surface area (Å²) >= 11 is 3.38. The molecule has 0 spiro atoms. The van der Waals surface area contributed by atoms with Gasteiger partial charge in [0.1, 0.15) is 11.6 Å². The molecule has 0 saturated heterocycles. The summed E-state index contributed by atoms with van der Waals surface area (Å²) < 4.78 is 19.1. The second-order valence-electron chi connectivity index (χ2n) is 3.92. The van der Waals surface area contributed by atoms with Gasteiger partial charge in [0.05, 0.1) is 13.2 Å². The maximum Gasteiger partial charge on any atom is 0.125 e. The summed E-state index contributed by atoms with van der Waals surface area (Å²) in [6, 6.07) is 11.5. The molecule has 1 atom stereocenters. The van der Waals surface area contributed by atoms with E-state index in [2.05, 4.69) is 15.9 Å². The lowest BCUT2D eigenvalue weighted by molar-refractivity contribution is 0.407. The monoisotopic (exact) mass is 309 g/mol. The topological polar surface area (TPSA) is 35.2 Å². The van der Waals surface area contributed by atoms with Crippen LogP contribution in [0.4, 0.5) is 4.39 Å². The molecule has 4 heteroatoms. The smallest absolute Gasteiger partial charge is 0.125 e. The first-order valence-electron chi connectivity index (χ1n) is 5.46. The van der Waals surface area contributed by atoms with E-state index in [-0.39, 0.29) is 11.9 Å². The van der Waals surface area contributed by atoms with E-state index in [1.165, 1.54) is 12.1 Å². The zero-order valence-corrected chi connectivity index (χ0v) is 11.4. The second kappa shape index (κ2) is 5.50. The minimum atomic E-state index is -0.339. The molecule has 0 aliphatic carbocycles. The average Bonchev–Trinajstić information content (AvgIpc) is 2.38. The van der Waals surface area contributed by atoms with Gasteiger partial charge in [0.25, 0.3) is 0 Å². The first kappa shape index (κ1) is 13.1. The highest BCUT2D eigenvalue weighted by atomic mass is 79.9. The van der Waals surface area contributed by atoms with Crippen molar-refractivity contribution in [3.8, 4) is 5.75 Å². The van der Waals surface area contributed by atoms with Gasteiger partial charge in [-0.05, 0) is 29.8 Å². The van der Waals surface area contributed by atoms with E-state index in [1.807, 2.05) is 18.2 Å². The van der Waals surface area contributed by atoms with Gasteiger partial charge >= 0.3 is 0 Å². The third-order valence-electron chi connectivity index (χ3n) is 2.76. The molecule has 2 nitrogen and oxygen atoms in total. The van der Waals surface area contributed by atoms with E-state index >= 15 is 0 Å². The molecule has 0 fully saturated rings. The van der Waals surface area contributed by atoms with Crippen LogP contribution in [0.2, 0.25) is 0 Å². The number of rotatable bonds is 3. The zero-order chi connectivity index (χ0) is 13.1. The first-order valence-corrected chi connectivity index (χ1v) is 6.25. The Morgan fingerprint density at radius 1 is 1.17 bits per heavy atom. The summed E-state index contributed by atoms with van der Waals surface area (Å²) in [5.74, 6) is 0.440. The van der Waals surface area contributed by atoms with Crippen LogP contribution in [0.15, 0.2) is 46.9 Å². The molecule has 2 aromatic carbocycles. The van der Waals surface area contributed by atoms with Crippen LogP contribution in [0, 0.1) is 5.82 Å². The maximum atomic E-state index is 12.9. The van der Waals surface area contributed by atoms with Crippen LogP contribution in [0.5, 0.6) is 5.75 Å². The number of halogens is 2. The molecule has 0 heterocycles. The Labute approximate surface area is 114 Å². The van der Waals surface area contributed by atoms with Gasteiger partial charge in [-0.25, -0.2) is 4.39 Å². The van der Waals surface area contributed by atoms with Crippen molar-refractivity contribution in [1.82, 2.24) is 0 Å². The second-order valence-corrected chi connectivity index (χ2v) is 4.83. The number of benzene rings is 2. The Kier molecular flexibility index (Phi) is 3.99. The molecule has 0 aliphatic rings. The van der Waals surface area contributed by atoms with E-state index < -0.39 is 0 Å². The van der Waals surface area contributed by atoms with Crippen LogP contribution in [0.1, 0.15) is 17.2 Å². The molecule has 2 aromatic rings. The first-order chi connectivity index (χ1) is 8.61. The molecular formula is C14H13BrFNO. The molecular weight excluding hydrogens is 297 g/mol. The molecule has 18 heavy (non-hydrogen) atoms. The normalized spacial score (nSPS) is 12.2. The van der Waals surface area contributed by atoms with Crippen LogP contribution in [0.3, 0.4) is 0 Å². The van der Waals surface area contributed by atoms with Gasteiger partial charge in [-0.3, -0.25) is 0 Å². The number of nitrogens with two attached hydrogens (primary N) is 1. The van der Waals surface area contributed by atoms with Gasteiger partial charge in [-0.2, -0.15) is 0 Å². The molecule has 0 amide bonds. The van der Waals surface area contributed by atoms with Gasteiger partial charge in [-0.1, -0.05) is 34.1 Å². The zero-order valence-electron chi connectivity index (χ0n) is 9.86. The van der Waals surface area contributed by atoms with Crippen LogP contribution in [-0.2, 0) is 0 Å². The Morgan fingerprint density at radius 3 is 2.44 bits per heavy atom. The molecule has 2 rings (SSSR count). The molecule has 2 N–H and O–H groups in total. The highest BCUT2D eigenvalue weighted by molar-refractivity contribution is 9.10. The van der Waals surface area contributed by atoms with E-state index in [0.717, 1.165) is 15.6 Å². The number of ether oxygens (including phenoxy) is 1. The van der Waals surface area contributed by atoms with Crippen molar-refractivity contribution in [3.63, 3.8) is 0 Å². The van der Waals surface area contributed by atoms with E-state index in [0.29, 0.717) is 5.75 Å². The van der Waals surface area contributed by atoms with E-state index in [4.69, 9.17) is 10.5 Å².